The molecule has 0 aliphatic heterocycles. The van der Waals surface area contributed by atoms with Crippen molar-refractivity contribution in [2.45, 2.75) is 58.9 Å². The van der Waals surface area contributed by atoms with Crippen molar-refractivity contribution < 1.29 is 9.90 Å². The molecule has 0 saturated carbocycles. The summed E-state index contributed by atoms with van der Waals surface area (Å²) in [7, 11) is 0. The van der Waals surface area contributed by atoms with Gasteiger partial charge in [0.1, 0.15) is 0 Å². The third-order valence-electron chi connectivity index (χ3n) is 4.38. The van der Waals surface area contributed by atoms with E-state index in [9.17, 15) is 4.79 Å². The van der Waals surface area contributed by atoms with E-state index in [1.54, 1.807) is 12.1 Å². The molecule has 0 atom stereocenters. The first kappa shape index (κ1) is 20.0. The van der Waals surface area contributed by atoms with Crippen LogP contribution in [0, 0.1) is 6.92 Å². The Labute approximate surface area is 155 Å². The highest BCUT2D eigenvalue weighted by molar-refractivity contribution is 5.87. The molecule has 26 heavy (non-hydrogen) atoms. The van der Waals surface area contributed by atoms with Gasteiger partial charge < -0.3 is 10.4 Å². The van der Waals surface area contributed by atoms with E-state index in [0.717, 1.165) is 36.5 Å². The number of aromatic nitrogens is 2. The molecular weight excluding hydrogens is 326 g/mol. The summed E-state index contributed by atoms with van der Waals surface area (Å²) in [5, 5.41) is 12.5. The molecule has 0 fully saturated rings. The maximum atomic E-state index is 11.1. The number of aromatic carboxylic acids is 1. The topological polar surface area (TPSA) is 75.1 Å². The standard InChI is InChI=1S/C21H29N3O2/c1-3-4-5-6-8-17-9-7-11-23-20(17)10-12-22-15-19-14-18(21(25)26)13-16(2)24-19/h7,9,11,13-14,22H,3-6,8,10,12,15H2,1-2H3,(H,25,26). The number of aryl methyl sites for hydroxylation is 2. The molecule has 0 saturated heterocycles. The highest BCUT2D eigenvalue weighted by Crippen LogP contribution is 2.12. The van der Waals surface area contributed by atoms with Gasteiger partial charge in [-0.15, -0.1) is 0 Å². The molecule has 2 aromatic rings. The van der Waals surface area contributed by atoms with E-state index >= 15 is 0 Å². The molecule has 0 radical (unpaired) electrons. The number of nitrogens with one attached hydrogen (secondary N) is 1. The van der Waals surface area contributed by atoms with Crippen LogP contribution in [0.15, 0.2) is 30.5 Å². The predicted octanol–water partition coefficient (Wildman–Crippen LogP) is 3.94. The molecule has 0 spiro atoms. The first-order valence-electron chi connectivity index (χ1n) is 9.44. The third-order valence-corrected chi connectivity index (χ3v) is 4.38. The van der Waals surface area contributed by atoms with E-state index in [4.69, 9.17) is 5.11 Å². The van der Waals surface area contributed by atoms with Crippen molar-refractivity contribution in [1.82, 2.24) is 15.3 Å². The number of rotatable bonds is 11. The van der Waals surface area contributed by atoms with E-state index in [1.807, 2.05) is 19.2 Å². The van der Waals surface area contributed by atoms with Crippen LogP contribution in [0.1, 0.15) is 65.6 Å². The monoisotopic (exact) mass is 355 g/mol. The van der Waals surface area contributed by atoms with Gasteiger partial charge in [0.25, 0.3) is 0 Å². The average molecular weight is 355 g/mol. The van der Waals surface area contributed by atoms with Crippen LogP contribution in [-0.2, 0) is 19.4 Å². The Hall–Kier alpha value is -2.27. The van der Waals surface area contributed by atoms with Crippen LogP contribution in [0.25, 0.3) is 0 Å². The Bertz CT molecular complexity index is 716. The minimum atomic E-state index is -0.919. The summed E-state index contributed by atoms with van der Waals surface area (Å²) in [6.07, 6.45) is 8.83. The van der Waals surface area contributed by atoms with Gasteiger partial charge in [0, 0.05) is 37.1 Å². The Balaban J connectivity index is 1.84. The van der Waals surface area contributed by atoms with Crippen molar-refractivity contribution in [3.05, 3.63) is 58.7 Å². The molecule has 2 aromatic heterocycles. The van der Waals surface area contributed by atoms with Crippen LogP contribution < -0.4 is 5.32 Å². The molecule has 0 aliphatic rings. The van der Waals surface area contributed by atoms with E-state index in [1.165, 1.54) is 31.2 Å². The second-order valence-electron chi connectivity index (χ2n) is 6.64. The van der Waals surface area contributed by atoms with Crippen LogP contribution >= 0.6 is 0 Å². The van der Waals surface area contributed by atoms with Crippen molar-refractivity contribution in [3.8, 4) is 0 Å². The summed E-state index contributed by atoms with van der Waals surface area (Å²) < 4.78 is 0. The third kappa shape index (κ3) is 6.56. The van der Waals surface area contributed by atoms with Crippen LogP contribution in [0.5, 0.6) is 0 Å². The first-order chi connectivity index (χ1) is 12.6. The molecule has 0 unspecified atom stereocenters. The molecule has 0 aromatic carbocycles. The quantitative estimate of drug-likeness (QED) is 0.597. The summed E-state index contributed by atoms with van der Waals surface area (Å²) in [6, 6.07) is 7.40. The maximum absolute atomic E-state index is 11.1. The number of carboxylic acid groups (broad SMARTS) is 1. The van der Waals surface area contributed by atoms with E-state index in [2.05, 4.69) is 28.3 Å². The fourth-order valence-electron chi connectivity index (χ4n) is 3.04. The highest BCUT2D eigenvalue weighted by Gasteiger charge is 2.07. The number of unbranched alkanes of at least 4 members (excludes halogenated alkanes) is 3. The van der Waals surface area contributed by atoms with Gasteiger partial charge in [-0.1, -0.05) is 32.3 Å². The maximum Gasteiger partial charge on any atom is 0.335 e. The molecule has 0 bridgehead atoms. The summed E-state index contributed by atoms with van der Waals surface area (Å²) in [4.78, 5) is 20.1. The molecule has 5 heteroatoms. The molecule has 140 valence electrons. The van der Waals surface area contributed by atoms with Crippen LogP contribution in [0.4, 0.5) is 0 Å². The molecule has 0 amide bonds. The van der Waals surface area contributed by atoms with Gasteiger partial charge in [0.2, 0.25) is 0 Å². The Morgan fingerprint density at radius 1 is 1.19 bits per heavy atom. The lowest BCUT2D eigenvalue weighted by Gasteiger charge is -2.10. The summed E-state index contributed by atoms with van der Waals surface area (Å²) in [6.45, 7) is 5.38. The van der Waals surface area contributed by atoms with Crippen LogP contribution in [-0.4, -0.2) is 27.6 Å². The van der Waals surface area contributed by atoms with E-state index < -0.39 is 5.97 Å². The van der Waals surface area contributed by atoms with Crippen molar-refractivity contribution in [3.63, 3.8) is 0 Å². The zero-order chi connectivity index (χ0) is 18.8. The lowest BCUT2D eigenvalue weighted by atomic mass is 10.0. The molecule has 5 nitrogen and oxygen atoms in total. The number of pyridine rings is 2. The van der Waals surface area contributed by atoms with Crippen LogP contribution in [0.2, 0.25) is 0 Å². The lowest BCUT2D eigenvalue weighted by molar-refractivity contribution is 0.0696. The molecule has 2 heterocycles. The SMILES string of the molecule is CCCCCCc1cccnc1CCNCc1cc(C(=O)O)cc(C)n1. The largest absolute Gasteiger partial charge is 0.478 e. The van der Waals surface area contributed by atoms with Gasteiger partial charge in [-0.3, -0.25) is 9.97 Å². The molecular formula is C21H29N3O2. The Morgan fingerprint density at radius 3 is 2.81 bits per heavy atom. The second kappa shape index (κ2) is 10.7. The number of hydrogen-bond acceptors (Lipinski definition) is 4. The lowest BCUT2D eigenvalue weighted by Crippen LogP contribution is -2.19. The normalized spacial score (nSPS) is 10.8. The van der Waals surface area contributed by atoms with Gasteiger partial charge in [0.15, 0.2) is 0 Å². The second-order valence-corrected chi connectivity index (χ2v) is 6.64. The van der Waals surface area contributed by atoms with E-state index in [0.29, 0.717) is 6.54 Å². The molecule has 2 N–H and O–H groups in total. The molecule has 2 rings (SSSR count). The number of hydrogen-bond donors (Lipinski definition) is 2. The number of carboxylic acids is 1. The van der Waals surface area contributed by atoms with Crippen LogP contribution in [0.3, 0.4) is 0 Å². The summed E-state index contributed by atoms with van der Waals surface area (Å²) >= 11 is 0. The zero-order valence-corrected chi connectivity index (χ0v) is 15.8. The summed E-state index contributed by atoms with van der Waals surface area (Å²) in [5.74, 6) is -0.919. The summed E-state index contributed by atoms with van der Waals surface area (Å²) in [5.41, 5.74) is 4.25. The Morgan fingerprint density at radius 2 is 2.04 bits per heavy atom. The zero-order valence-electron chi connectivity index (χ0n) is 15.8. The van der Waals surface area contributed by atoms with Gasteiger partial charge in [-0.05, 0) is 43.5 Å². The van der Waals surface area contributed by atoms with Crippen molar-refractivity contribution in [2.24, 2.45) is 0 Å². The van der Waals surface area contributed by atoms with Gasteiger partial charge in [0.05, 0.1) is 11.3 Å². The van der Waals surface area contributed by atoms with Gasteiger partial charge in [-0.2, -0.15) is 0 Å². The fourth-order valence-corrected chi connectivity index (χ4v) is 3.04. The van der Waals surface area contributed by atoms with Crippen molar-refractivity contribution in [2.75, 3.05) is 6.54 Å². The molecule has 0 aliphatic carbocycles. The minimum Gasteiger partial charge on any atom is -0.478 e. The number of nitrogens with zero attached hydrogens (tertiary/aromatic N) is 2. The first-order valence-corrected chi connectivity index (χ1v) is 9.44. The minimum absolute atomic E-state index is 0.286. The van der Waals surface area contributed by atoms with Gasteiger partial charge in [-0.25, -0.2) is 4.79 Å². The van der Waals surface area contributed by atoms with Crippen molar-refractivity contribution in [1.29, 1.82) is 0 Å². The Kier molecular flexibility index (Phi) is 8.22. The number of carbonyl (C=O) groups is 1. The fraction of sp³-hybridized carbons (Fsp3) is 0.476. The van der Waals surface area contributed by atoms with Gasteiger partial charge >= 0.3 is 5.97 Å². The smallest absolute Gasteiger partial charge is 0.335 e. The van der Waals surface area contributed by atoms with E-state index in [-0.39, 0.29) is 5.56 Å². The van der Waals surface area contributed by atoms with Crippen molar-refractivity contribution >= 4 is 5.97 Å². The average Bonchev–Trinajstić information content (AvgIpc) is 2.63. The highest BCUT2D eigenvalue weighted by atomic mass is 16.4. The predicted molar refractivity (Wildman–Crippen MR) is 103 cm³/mol.